The number of amides is 1. The molecule has 4 nitrogen and oxygen atoms in total. The van der Waals surface area contributed by atoms with Crippen molar-refractivity contribution in [2.75, 3.05) is 5.32 Å². The number of hydrogen-bond donors (Lipinski definition) is 2. The Hall–Kier alpha value is -1.01. The highest BCUT2D eigenvalue weighted by molar-refractivity contribution is 7.06. The number of aromatic nitrogens is 1. The number of thiazole rings is 1. The van der Waals surface area contributed by atoms with E-state index in [-0.39, 0.29) is 12.5 Å². The first-order valence-corrected chi connectivity index (χ1v) is 7.11. The Morgan fingerprint density at radius 3 is 2.58 bits per heavy atom. The lowest BCUT2D eigenvalue weighted by molar-refractivity contribution is -0.116. The van der Waals surface area contributed by atoms with E-state index in [1.807, 2.05) is 0 Å². The standard InChI is InChI=1S/C11H8Cl3N3OS/c12-6-3-8(14)9(4-7(6)13)16-10(18)5-17-1-2-19-11(17)15/h1-4,15H,5H2,(H,16,18). The number of carbonyl (C=O) groups is 1. The van der Waals surface area contributed by atoms with Crippen LogP contribution in [0.5, 0.6) is 0 Å². The molecule has 0 aliphatic rings. The Labute approximate surface area is 128 Å². The van der Waals surface area contributed by atoms with Crippen LogP contribution in [0.3, 0.4) is 0 Å². The number of rotatable bonds is 3. The zero-order valence-corrected chi connectivity index (χ0v) is 12.5. The van der Waals surface area contributed by atoms with Crippen molar-refractivity contribution in [3.05, 3.63) is 43.6 Å². The van der Waals surface area contributed by atoms with E-state index in [0.29, 0.717) is 25.6 Å². The lowest BCUT2D eigenvalue weighted by Gasteiger charge is -2.09. The summed E-state index contributed by atoms with van der Waals surface area (Å²) in [5.74, 6) is -0.294. The molecule has 0 saturated carbocycles. The van der Waals surface area contributed by atoms with Crippen molar-refractivity contribution >= 4 is 57.7 Å². The normalized spacial score (nSPS) is 10.5. The third-order valence-corrected chi connectivity index (χ3v) is 4.03. The molecule has 0 aliphatic heterocycles. The van der Waals surface area contributed by atoms with Crippen LogP contribution in [0.1, 0.15) is 0 Å². The van der Waals surface area contributed by atoms with Gasteiger partial charge in [-0.3, -0.25) is 10.2 Å². The second kappa shape index (κ2) is 5.96. The average molecular weight is 337 g/mol. The molecule has 0 saturated heterocycles. The molecular formula is C11H8Cl3N3OS. The maximum atomic E-state index is 11.8. The summed E-state index contributed by atoms with van der Waals surface area (Å²) in [6.07, 6.45) is 1.67. The molecule has 0 atom stereocenters. The van der Waals surface area contributed by atoms with Gasteiger partial charge in [0.1, 0.15) is 6.54 Å². The highest BCUT2D eigenvalue weighted by atomic mass is 35.5. The van der Waals surface area contributed by atoms with Crippen LogP contribution in [0, 0.1) is 5.41 Å². The van der Waals surface area contributed by atoms with Crippen LogP contribution in [0.15, 0.2) is 23.7 Å². The molecule has 0 fully saturated rings. The molecule has 0 bridgehead atoms. The average Bonchev–Trinajstić information content (AvgIpc) is 2.72. The maximum Gasteiger partial charge on any atom is 0.244 e. The van der Waals surface area contributed by atoms with Crippen LogP contribution in [-0.2, 0) is 11.3 Å². The number of nitrogens with zero attached hydrogens (tertiary/aromatic N) is 1. The molecule has 1 amide bonds. The van der Waals surface area contributed by atoms with Crippen LogP contribution in [0.2, 0.25) is 15.1 Å². The van der Waals surface area contributed by atoms with Gasteiger partial charge in [0.05, 0.1) is 20.8 Å². The minimum absolute atomic E-state index is 0.0406. The van der Waals surface area contributed by atoms with Gasteiger partial charge in [-0.05, 0) is 12.1 Å². The molecule has 2 aromatic rings. The highest BCUT2D eigenvalue weighted by Crippen LogP contribution is 2.32. The fourth-order valence-corrected chi connectivity index (χ4v) is 2.58. The Morgan fingerprint density at radius 2 is 1.95 bits per heavy atom. The molecule has 0 aliphatic carbocycles. The SMILES string of the molecule is N=c1sccn1CC(=O)Nc1cc(Cl)c(Cl)cc1Cl. The molecule has 1 heterocycles. The van der Waals surface area contributed by atoms with Crippen LogP contribution in [0.25, 0.3) is 0 Å². The molecule has 100 valence electrons. The smallest absolute Gasteiger partial charge is 0.244 e. The predicted molar refractivity (Wildman–Crippen MR) is 78.3 cm³/mol. The quantitative estimate of drug-likeness (QED) is 0.826. The van der Waals surface area contributed by atoms with Crippen molar-refractivity contribution in [3.8, 4) is 0 Å². The van der Waals surface area contributed by atoms with Crippen molar-refractivity contribution in [2.45, 2.75) is 6.54 Å². The number of nitrogens with one attached hydrogen (secondary N) is 2. The first-order chi connectivity index (χ1) is 8.97. The van der Waals surface area contributed by atoms with Crippen LogP contribution >= 0.6 is 46.1 Å². The van der Waals surface area contributed by atoms with Crippen LogP contribution in [-0.4, -0.2) is 10.5 Å². The summed E-state index contributed by atoms with van der Waals surface area (Å²) < 4.78 is 1.52. The van der Waals surface area contributed by atoms with Gasteiger partial charge in [0.25, 0.3) is 0 Å². The monoisotopic (exact) mass is 335 g/mol. The van der Waals surface area contributed by atoms with Gasteiger partial charge >= 0.3 is 0 Å². The second-order valence-electron chi connectivity index (χ2n) is 3.63. The van der Waals surface area contributed by atoms with E-state index in [2.05, 4.69) is 5.32 Å². The summed E-state index contributed by atoms with van der Waals surface area (Å²) in [5.41, 5.74) is 0.392. The third-order valence-electron chi connectivity index (χ3n) is 2.28. The van der Waals surface area contributed by atoms with Gasteiger partial charge in [-0.15, -0.1) is 11.3 Å². The van der Waals surface area contributed by atoms with Crippen LogP contribution < -0.4 is 10.1 Å². The molecule has 19 heavy (non-hydrogen) atoms. The molecule has 1 aromatic carbocycles. The maximum absolute atomic E-state index is 11.8. The number of halogens is 3. The summed E-state index contributed by atoms with van der Waals surface area (Å²) >= 11 is 18.9. The number of hydrogen-bond acceptors (Lipinski definition) is 3. The Morgan fingerprint density at radius 1 is 1.26 bits per heavy atom. The highest BCUT2D eigenvalue weighted by Gasteiger charge is 2.10. The van der Waals surface area contributed by atoms with Crippen molar-refractivity contribution in [1.82, 2.24) is 4.57 Å². The molecule has 2 rings (SSSR count). The van der Waals surface area contributed by atoms with E-state index in [4.69, 9.17) is 40.2 Å². The van der Waals surface area contributed by atoms with E-state index < -0.39 is 0 Å². The topological polar surface area (TPSA) is 57.9 Å². The van der Waals surface area contributed by atoms with E-state index >= 15 is 0 Å². The fourth-order valence-electron chi connectivity index (χ4n) is 1.39. The lowest BCUT2D eigenvalue weighted by atomic mass is 10.3. The van der Waals surface area contributed by atoms with Gasteiger partial charge in [-0.25, -0.2) is 0 Å². The summed E-state index contributed by atoms with van der Waals surface area (Å²) in [6, 6.07) is 2.96. The van der Waals surface area contributed by atoms with Crippen LogP contribution in [0.4, 0.5) is 5.69 Å². The van der Waals surface area contributed by atoms with E-state index in [1.54, 1.807) is 11.6 Å². The van der Waals surface area contributed by atoms with Gasteiger partial charge in [0.15, 0.2) is 4.80 Å². The predicted octanol–water partition coefficient (Wildman–Crippen LogP) is 3.63. The van der Waals surface area contributed by atoms with Gasteiger partial charge in [0.2, 0.25) is 5.91 Å². The molecule has 0 spiro atoms. The fraction of sp³-hybridized carbons (Fsp3) is 0.0909. The summed E-state index contributed by atoms with van der Waals surface area (Å²) in [5, 5.41) is 12.9. The first-order valence-electron chi connectivity index (χ1n) is 5.10. The Bertz CT molecular complexity index is 680. The summed E-state index contributed by atoms with van der Waals surface area (Å²) in [7, 11) is 0. The molecule has 2 N–H and O–H groups in total. The molecule has 1 aromatic heterocycles. The van der Waals surface area contributed by atoms with E-state index in [0.717, 1.165) is 0 Å². The Kier molecular flexibility index (Phi) is 4.52. The lowest BCUT2D eigenvalue weighted by Crippen LogP contribution is -2.23. The van der Waals surface area contributed by atoms with Gasteiger partial charge in [-0.2, -0.15) is 0 Å². The minimum atomic E-state index is -0.294. The zero-order valence-electron chi connectivity index (χ0n) is 9.41. The van der Waals surface area contributed by atoms with E-state index in [1.165, 1.54) is 28.0 Å². The van der Waals surface area contributed by atoms with Crippen molar-refractivity contribution in [3.63, 3.8) is 0 Å². The van der Waals surface area contributed by atoms with Crippen molar-refractivity contribution < 1.29 is 4.79 Å². The number of anilines is 1. The number of carbonyl (C=O) groups excluding carboxylic acids is 1. The molecule has 0 unspecified atom stereocenters. The van der Waals surface area contributed by atoms with Gasteiger partial charge in [0, 0.05) is 11.6 Å². The van der Waals surface area contributed by atoms with Gasteiger partial charge in [-0.1, -0.05) is 34.8 Å². The van der Waals surface area contributed by atoms with Crippen molar-refractivity contribution in [2.24, 2.45) is 0 Å². The molecular weight excluding hydrogens is 329 g/mol. The largest absolute Gasteiger partial charge is 0.323 e. The van der Waals surface area contributed by atoms with Crippen molar-refractivity contribution in [1.29, 1.82) is 5.41 Å². The second-order valence-corrected chi connectivity index (χ2v) is 5.75. The molecule has 0 radical (unpaired) electrons. The van der Waals surface area contributed by atoms with Gasteiger partial charge < -0.3 is 9.88 Å². The third kappa shape index (κ3) is 3.51. The first kappa shape index (κ1) is 14.4. The molecule has 8 heteroatoms. The zero-order chi connectivity index (χ0) is 14.0. The summed E-state index contributed by atoms with van der Waals surface area (Å²) in [6.45, 7) is 0.0406. The van der Waals surface area contributed by atoms with E-state index in [9.17, 15) is 4.79 Å². The number of benzene rings is 1. The summed E-state index contributed by atoms with van der Waals surface area (Å²) in [4.78, 5) is 12.1. The minimum Gasteiger partial charge on any atom is -0.323 e. The Balaban J connectivity index is 2.13.